The lowest BCUT2D eigenvalue weighted by Crippen LogP contribution is -2.30. The molecule has 0 atom stereocenters. The lowest BCUT2D eigenvalue weighted by atomic mass is 10.2. The molecule has 34 heavy (non-hydrogen) atoms. The van der Waals surface area contributed by atoms with Gasteiger partial charge in [-0.25, -0.2) is 8.42 Å². The van der Waals surface area contributed by atoms with E-state index >= 15 is 0 Å². The van der Waals surface area contributed by atoms with Gasteiger partial charge >= 0.3 is 0 Å². The fourth-order valence-corrected chi connectivity index (χ4v) is 5.10. The predicted octanol–water partition coefficient (Wildman–Crippen LogP) is 4.01. The monoisotopic (exact) mass is 488 g/mol. The Morgan fingerprint density at radius 2 is 1.85 bits per heavy atom. The molecule has 3 rings (SSSR count). The molecule has 0 aliphatic rings. The van der Waals surface area contributed by atoms with Crippen molar-refractivity contribution in [3.8, 4) is 5.75 Å². The van der Waals surface area contributed by atoms with Crippen LogP contribution < -0.4 is 10.1 Å². The second-order valence-corrected chi connectivity index (χ2v) is 9.84. The van der Waals surface area contributed by atoms with Crippen molar-refractivity contribution in [1.82, 2.24) is 8.87 Å². The number of benzene rings is 2. The van der Waals surface area contributed by atoms with Crippen LogP contribution in [0, 0.1) is 10.1 Å². The fourth-order valence-electron chi connectivity index (χ4n) is 3.62. The Bertz CT molecular complexity index is 1310. The van der Waals surface area contributed by atoms with E-state index < -0.39 is 20.9 Å². The van der Waals surface area contributed by atoms with Crippen LogP contribution in [0.5, 0.6) is 5.75 Å². The van der Waals surface area contributed by atoms with Gasteiger partial charge in [0.1, 0.15) is 12.3 Å². The number of sulfonamides is 1. The average molecular weight is 489 g/mol. The molecule has 0 unspecified atom stereocenters. The summed E-state index contributed by atoms with van der Waals surface area (Å²) in [5, 5.41) is 14.4. The van der Waals surface area contributed by atoms with Crippen LogP contribution in [0.3, 0.4) is 0 Å². The topological polar surface area (TPSA) is 124 Å². The van der Waals surface area contributed by atoms with E-state index in [9.17, 15) is 23.3 Å². The van der Waals surface area contributed by atoms with E-state index in [1.54, 1.807) is 36.7 Å². The van der Waals surface area contributed by atoms with Gasteiger partial charge in [-0.2, -0.15) is 4.31 Å². The Hall–Kier alpha value is -3.44. The van der Waals surface area contributed by atoms with Gasteiger partial charge < -0.3 is 14.6 Å². The smallest absolute Gasteiger partial charge is 0.270 e. The number of anilines is 1. The number of nitrogens with zero attached hydrogens (tertiary/aromatic N) is 3. The first kappa shape index (κ1) is 25.2. The van der Waals surface area contributed by atoms with Crippen LogP contribution in [0.1, 0.15) is 27.7 Å². The molecule has 3 aromatic rings. The summed E-state index contributed by atoms with van der Waals surface area (Å²) in [6.45, 7) is 7.75. The molecule has 1 heterocycles. The highest BCUT2D eigenvalue weighted by atomic mass is 32.2. The Balaban J connectivity index is 1.90. The van der Waals surface area contributed by atoms with Crippen LogP contribution in [0.2, 0.25) is 0 Å². The molecule has 0 spiro atoms. The summed E-state index contributed by atoms with van der Waals surface area (Å²) in [7, 11) is -3.73. The number of ether oxygens (including phenoxy) is 1. The molecule has 0 bridgehead atoms. The first-order valence-electron chi connectivity index (χ1n) is 10.9. The molecular weight excluding hydrogens is 460 g/mol. The summed E-state index contributed by atoms with van der Waals surface area (Å²) in [5.41, 5.74) is 0.882. The molecule has 10 nitrogen and oxygen atoms in total. The van der Waals surface area contributed by atoms with Gasteiger partial charge in [0.2, 0.25) is 15.9 Å². The predicted molar refractivity (Wildman–Crippen MR) is 130 cm³/mol. The van der Waals surface area contributed by atoms with Crippen molar-refractivity contribution < 1.29 is 22.9 Å². The fraction of sp³-hybridized carbons (Fsp3) is 0.348. The van der Waals surface area contributed by atoms with Gasteiger partial charge in [-0.05, 0) is 44.2 Å². The van der Waals surface area contributed by atoms with Crippen LogP contribution in [-0.4, -0.2) is 47.3 Å². The van der Waals surface area contributed by atoms with Crippen molar-refractivity contribution >= 4 is 38.2 Å². The highest BCUT2D eigenvalue weighted by Gasteiger charge is 2.24. The third kappa shape index (κ3) is 5.37. The van der Waals surface area contributed by atoms with Gasteiger partial charge in [0.25, 0.3) is 5.69 Å². The number of carbonyl (C=O) groups excluding carboxylic acids is 1. The third-order valence-corrected chi connectivity index (χ3v) is 7.26. The number of nitrogens with one attached hydrogen (secondary N) is 1. The maximum atomic E-state index is 13.0. The van der Waals surface area contributed by atoms with Gasteiger partial charge in [-0.15, -0.1) is 0 Å². The van der Waals surface area contributed by atoms with Crippen molar-refractivity contribution in [1.29, 1.82) is 0 Å². The molecule has 0 radical (unpaired) electrons. The quantitative estimate of drug-likeness (QED) is 0.340. The maximum absolute atomic E-state index is 13.0. The number of aromatic nitrogens is 1. The first-order valence-corrected chi connectivity index (χ1v) is 12.3. The summed E-state index contributed by atoms with van der Waals surface area (Å²) < 4.78 is 34.7. The molecule has 1 amide bonds. The SMILES string of the molecule is CCN(CC)S(=O)(=O)c1ccc(OC(C)C)c(NC(=O)Cn2ccc3cc([N+](=O)[O-])ccc32)c1. The number of non-ortho nitro benzene ring substituents is 1. The van der Waals surface area contributed by atoms with Crippen molar-refractivity contribution in [2.45, 2.75) is 45.2 Å². The summed E-state index contributed by atoms with van der Waals surface area (Å²) in [5.74, 6) is -0.0447. The number of nitro groups is 1. The highest BCUT2D eigenvalue weighted by molar-refractivity contribution is 7.89. The molecule has 182 valence electrons. The van der Waals surface area contributed by atoms with E-state index in [2.05, 4.69) is 5.32 Å². The highest BCUT2D eigenvalue weighted by Crippen LogP contribution is 2.30. The van der Waals surface area contributed by atoms with E-state index in [1.807, 2.05) is 13.8 Å². The Labute approximate surface area is 198 Å². The zero-order chi connectivity index (χ0) is 25.0. The van der Waals surface area contributed by atoms with E-state index in [-0.39, 0.29) is 28.9 Å². The third-order valence-electron chi connectivity index (χ3n) is 5.21. The van der Waals surface area contributed by atoms with Crippen LogP contribution in [0.15, 0.2) is 53.6 Å². The average Bonchev–Trinajstić information content (AvgIpc) is 3.17. The van der Waals surface area contributed by atoms with E-state index in [0.29, 0.717) is 29.7 Å². The van der Waals surface area contributed by atoms with Crippen molar-refractivity contribution in [3.05, 3.63) is 58.8 Å². The minimum atomic E-state index is -3.73. The Morgan fingerprint density at radius 3 is 2.47 bits per heavy atom. The lowest BCUT2D eigenvalue weighted by Gasteiger charge is -2.20. The Morgan fingerprint density at radius 1 is 1.15 bits per heavy atom. The lowest BCUT2D eigenvalue weighted by molar-refractivity contribution is -0.384. The minimum absolute atomic E-state index is 0.0311. The van der Waals surface area contributed by atoms with Crippen LogP contribution in [0.4, 0.5) is 11.4 Å². The number of amides is 1. The van der Waals surface area contributed by atoms with E-state index in [4.69, 9.17) is 4.74 Å². The van der Waals surface area contributed by atoms with Crippen molar-refractivity contribution in [2.24, 2.45) is 0 Å². The Kier molecular flexibility index (Phi) is 7.57. The standard InChI is InChI=1S/C23H28N4O6S/c1-5-26(6-2)34(31,32)19-8-10-22(33-16(3)4)20(14-19)24-23(28)15-25-12-11-17-13-18(27(29)30)7-9-21(17)25/h7-14,16H,5-6,15H2,1-4H3,(H,24,28). The zero-order valence-corrected chi connectivity index (χ0v) is 20.3. The normalized spacial score (nSPS) is 11.8. The second-order valence-electron chi connectivity index (χ2n) is 7.91. The van der Waals surface area contributed by atoms with Crippen molar-refractivity contribution in [3.63, 3.8) is 0 Å². The zero-order valence-electron chi connectivity index (χ0n) is 19.5. The molecule has 0 fully saturated rings. The van der Waals surface area contributed by atoms with Gasteiger partial charge in [0.15, 0.2) is 0 Å². The largest absolute Gasteiger partial charge is 0.489 e. The van der Waals surface area contributed by atoms with Crippen LogP contribution in [-0.2, 0) is 21.4 Å². The molecule has 1 aromatic heterocycles. The molecule has 0 saturated heterocycles. The molecule has 0 saturated carbocycles. The number of hydrogen-bond donors (Lipinski definition) is 1. The van der Waals surface area contributed by atoms with E-state index in [0.717, 1.165) is 0 Å². The number of fused-ring (bicyclic) bond motifs is 1. The summed E-state index contributed by atoms with van der Waals surface area (Å²) in [6.07, 6.45) is 1.48. The van der Waals surface area contributed by atoms with Gasteiger partial charge in [0.05, 0.1) is 21.6 Å². The maximum Gasteiger partial charge on any atom is 0.270 e. The number of nitro benzene ring substituents is 1. The molecule has 2 aromatic carbocycles. The second kappa shape index (κ2) is 10.2. The van der Waals surface area contributed by atoms with Crippen LogP contribution >= 0.6 is 0 Å². The molecule has 0 aliphatic carbocycles. The molecular formula is C23H28N4O6S. The number of hydrogen-bond acceptors (Lipinski definition) is 6. The van der Waals surface area contributed by atoms with Crippen LogP contribution in [0.25, 0.3) is 10.9 Å². The first-order chi connectivity index (χ1) is 16.1. The number of carbonyl (C=O) groups is 1. The van der Waals surface area contributed by atoms with E-state index in [1.165, 1.54) is 34.6 Å². The van der Waals surface area contributed by atoms with Crippen molar-refractivity contribution in [2.75, 3.05) is 18.4 Å². The number of rotatable bonds is 10. The molecule has 0 aliphatic heterocycles. The minimum Gasteiger partial charge on any atom is -0.489 e. The van der Waals surface area contributed by atoms with Gasteiger partial charge in [-0.3, -0.25) is 14.9 Å². The van der Waals surface area contributed by atoms with Gasteiger partial charge in [-0.1, -0.05) is 13.8 Å². The van der Waals surface area contributed by atoms with Gasteiger partial charge in [0, 0.05) is 42.3 Å². The summed E-state index contributed by atoms with van der Waals surface area (Å²) >= 11 is 0. The molecule has 11 heteroatoms. The summed E-state index contributed by atoms with van der Waals surface area (Å²) in [4.78, 5) is 23.5. The molecule has 1 N–H and O–H groups in total. The summed E-state index contributed by atoms with van der Waals surface area (Å²) in [6, 6.07) is 10.5.